The van der Waals surface area contributed by atoms with E-state index in [1.165, 1.54) is 13.0 Å². The summed E-state index contributed by atoms with van der Waals surface area (Å²) in [5.74, 6) is 0. The highest BCUT2D eigenvalue weighted by atomic mass is 15.2. The number of likely N-dealkylation sites (N-methyl/N-ethyl adjacent to an activating group) is 1. The normalized spacial score (nSPS) is 25.6. The van der Waals surface area contributed by atoms with E-state index in [-0.39, 0.29) is 0 Å². The molecule has 0 bridgehead atoms. The Bertz CT molecular complexity index is 73.6. The van der Waals surface area contributed by atoms with Crippen molar-refractivity contribution in [1.82, 2.24) is 10.2 Å². The Balaban J connectivity index is 0.000000292. The molecule has 1 N–H and O–H groups in total. The number of nitrogens with one attached hydrogen (secondary N) is 1. The van der Waals surface area contributed by atoms with Crippen LogP contribution in [0.25, 0.3) is 0 Å². The summed E-state index contributed by atoms with van der Waals surface area (Å²) >= 11 is 0. The summed E-state index contributed by atoms with van der Waals surface area (Å²) in [5.41, 5.74) is 0. The molecule has 0 aromatic carbocycles. The van der Waals surface area contributed by atoms with E-state index in [9.17, 15) is 0 Å². The van der Waals surface area contributed by atoms with Crippen molar-refractivity contribution in [2.45, 2.75) is 33.2 Å². The van der Waals surface area contributed by atoms with E-state index in [1.807, 2.05) is 0 Å². The van der Waals surface area contributed by atoms with Crippen LogP contribution >= 0.6 is 0 Å². The number of piperazine rings is 1. The summed E-state index contributed by atoms with van der Waals surface area (Å²) in [6.45, 7) is 9.99. The molecule has 0 saturated carbocycles. The largest absolute Gasteiger partial charge is 0.314 e. The highest BCUT2D eigenvalue weighted by Crippen LogP contribution is 1.95. The molecule has 0 unspecified atom stereocenters. The van der Waals surface area contributed by atoms with Gasteiger partial charge in [-0.15, -0.1) is 0 Å². The molecule has 1 heterocycles. The molecule has 1 aliphatic heterocycles. The van der Waals surface area contributed by atoms with Gasteiger partial charge in [0.15, 0.2) is 0 Å². The van der Waals surface area contributed by atoms with Gasteiger partial charge in [0, 0.05) is 25.7 Å². The summed E-state index contributed by atoms with van der Waals surface area (Å²) in [4.78, 5) is 2.37. The van der Waals surface area contributed by atoms with E-state index in [0.717, 1.165) is 19.1 Å². The maximum atomic E-state index is 3.32. The number of hydrogen-bond donors (Lipinski definition) is 1. The van der Waals surface area contributed by atoms with Gasteiger partial charge in [-0.25, -0.2) is 0 Å². The molecule has 0 amide bonds. The van der Waals surface area contributed by atoms with Crippen molar-refractivity contribution >= 4 is 0 Å². The van der Waals surface area contributed by atoms with Crippen LogP contribution in [0.5, 0.6) is 0 Å². The van der Waals surface area contributed by atoms with Crippen LogP contribution in [0.4, 0.5) is 0 Å². The first-order valence-corrected chi connectivity index (χ1v) is 4.63. The zero-order chi connectivity index (χ0) is 8.69. The number of rotatable bonds is 0. The van der Waals surface area contributed by atoms with Crippen molar-refractivity contribution in [1.29, 1.82) is 0 Å². The lowest BCUT2D eigenvalue weighted by atomic mass is 10.2. The van der Waals surface area contributed by atoms with Crippen LogP contribution in [0.1, 0.15) is 27.2 Å². The van der Waals surface area contributed by atoms with Gasteiger partial charge in [0.05, 0.1) is 0 Å². The van der Waals surface area contributed by atoms with Crippen molar-refractivity contribution < 1.29 is 0 Å². The molecular weight excluding hydrogens is 136 g/mol. The molecule has 1 saturated heterocycles. The van der Waals surface area contributed by atoms with Crippen LogP contribution < -0.4 is 5.32 Å². The molecule has 2 heteroatoms. The lowest BCUT2D eigenvalue weighted by Crippen LogP contribution is -2.47. The Kier molecular flexibility index (Phi) is 6.57. The molecule has 0 radical (unpaired) electrons. The second-order valence-corrected chi connectivity index (χ2v) is 3.24. The molecular formula is C9H22N2. The Labute approximate surface area is 71.0 Å². The molecule has 1 fully saturated rings. The van der Waals surface area contributed by atoms with Crippen LogP contribution in [0, 0.1) is 0 Å². The smallest absolute Gasteiger partial charge is 0.0189 e. The fourth-order valence-electron chi connectivity index (χ4n) is 0.943. The Morgan fingerprint density at radius 2 is 2.00 bits per heavy atom. The molecule has 1 atom stereocenters. The molecule has 11 heavy (non-hydrogen) atoms. The van der Waals surface area contributed by atoms with Gasteiger partial charge in [0.25, 0.3) is 0 Å². The summed E-state index contributed by atoms with van der Waals surface area (Å²) in [5, 5.41) is 3.32. The van der Waals surface area contributed by atoms with Crippen LogP contribution in [-0.4, -0.2) is 37.6 Å². The fraction of sp³-hybridized carbons (Fsp3) is 1.00. The van der Waals surface area contributed by atoms with Crippen molar-refractivity contribution in [2.24, 2.45) is 0 Å². The average molecular weight is 158 g/mol. The molecule has 1 aliphatic rings. The third-order valence-electron chi connectivity index (χ3n) is 1.83. The van der Waals surface area contributed by atoms with Gasteiger partial charge in [-0.2, -0.15) is 0 Å². The molecule has 0 aromatic rings. The fourth-order valence-corrected chi connectivity index (χ4v) is 0.943. The van der Waals surface area contributed by atoms with E-state index in [0.29, 0.717) is 0 Å². The van der Waals surface area contributed by atoms with Crippen LogP contribution in [0.2, 0.25) is 0 Å². The van der Waals surface area contributed by atoms with Crippen LogP contribution in [-0.2, 0) is 0 Å². The second kappa shape index (κ2) is 6.62. The molecule has 2 nitrogen and oxygen atoms in total. The predicted molar refractivity (Wildman–Crippen MR) is 50.9 cm³/mol. The second-order valence-electron chi connectivity index (χ2n) is 3.24. The quantitative estimate of drug-likeness (QED) is 0.572. The number of nitrogens with zero attached hydrogens (tertiary/aromatic N) is 1. The summed E-state index contributed by atoms with van der Waals surface area (Å²) in [6, 6.07) is 0.726. The zero-order valence-electron chi connectivity index (χ0n) is 8.35. The van der Waals surface area contributed by atoms with Gasteiger partial charge in [-0.3, -0.25) is 0 Å². The Morgan fingerprint density at radius 3 is 2.27 bits per heavy atom. The van der Waals surface area contributed by atoms with Crippen molar-refractivity contribution in [3.63, 3.8) is 0 Å². The highest BCUT2D eigenvalue weighted by molar-refractivity contribution is 4.71. The first-order valence-electron chi connectivity index (χ1n) is 4.63. The molecule has 1 rings (SSSR count). The third kappa shape index (κ3) is 5.22. The predicted octanol–water partition coefficient (Wildman–Crippen LogP) is 1.33. The number of hydrogen-bond acceptors (Lipinski definition) is 2. The van der Waals surface area contributed by atoms with Gasteiger partial charge in [0.1, 0.15) is 0 Å². The summed E-state index contributed by atoms with van der Waals surface area (Å²) < 4.78 is 0. The lowest BCUT2D eigenvalue weighted by molar-refractivity contribution is 0.215. The summed E-state index contributed by atoms with van der Waals surface area (Å²) in [6.07, 6.45) is 1.25. The topological polar surface area (TPSA) is 15.3 Å². The van der Waals surface area contributed by atoms with E-state index in [4.69, 9.17) is 0 Å². The van der Waals surface area contributed by atoms with E-state index < -0.39 is 0 Å². The minimum absolute atomic E-state index is 0.726. The molecule has 0 aromatic heterocycles. The van der Waals surface area contributed by atoms with Crippen molar-refractivity contribution in [2.75, 3.05) is 26.7 Å². The van der Waals surface area contributed by atoms with E-state index in [1.54, 1.807) is 0 Å². The average Bonchev–Trinajstić information content (AvgIpc) is 1.97. The third-order valence-corrected chi connectivity index (χ3v) is 1.83. The van der Waals surface area contributed by atoms with Gasteiger partial charge < -0.3 is 10.2 Å². The lowest BCUT2D eigenvalue weighted by Gasteiger charge is -2.29. The summed E-state index contributed by atoms with van der Waals surface area (Å²) in [7, 11) is 2.17. The van der Waals surface area contributed by atoms with Crippen LogP contribution in [0.3, 0.4) is 0 Å². The highest BCUT2D eigenvalue weighted by Gasteiger charge is 2.11. The van der Waals surface area contributed by atoms with Gasteiger partial charge >= 0.3 is 0 Å². The minimum Gasteiger partial charge on any atom is -0.314 e. The van der Waals surface area contributed by atoms with Gasteiger partial charge in [-0.05, 0) is 14.0 Å². The monoisotopic (exact) mass is 158 g/mol. The molecule has 0 spiro atoms. The first-order chi connectivity index (χ1) is 5.22. The first kappa shape index (κ1) is 10.9. The standard InChI is InChI=1S/C6H14N2.C3H8/c1-6-5-7-3-4-8(6)2;1-3-2/h6-7H,3-5H2,1-2H3;3H2,1-2H3/t6-;/m0./s1. The Hall–Kier alpha value is -0.0800. The maximum Gasteiger partial charge on any atom is 0.0189 e. The maximum absolute atomic E-state index is 3.32. The molecule has 0 aliphatic carbocycles. The zero-order valence-corrected chi connectivity index (χ0v) is 8.35. The van der Waals surface area contributed by atoms with Crippen LogP contribution in [0.15, 0.2) is 0 Å². The Morgan fingerprint density at radius 1 is 1.45 bits per heavy atom. The minimum atomic E-state index is 0.726. The van der Waals surface area contributed by atoms with Crippen molar-refractivity contribution in [3.8, 4) is 0 Å². The van der Waals surface area contributed by atoms with Crippen molar-refractivity contribution in [3.05, 3.63) is 0 Å². The van der Waals surface area contributed by atoms with Gasteiger partial charge in [-0.1, -0.05) is 20.3 Å². The molecule has 68 valence electrons. The van der Waals surface area contributed by atoms with Gasteiger partial charge in [0.2, 0.25) is 0 Å². The SMILES string of the molecule is CCC.C[C@H]1CNCCN1C. The van der Waals surface area contributed by atoms with E-state index >= 15 is 0 Å². The van der Waals surface area contributed by atoms with E-state index in [2.05, 4.69) is 38.0 Å².